The van der Waals surface area contributed by atoms with Gasteiger partial charge in [-0.05, 0) is 38.1 Å². The average molecular weight is 267 g/mol. The summed E-state index contributed by atoms with van der Waals surface area (Å²) >= 11 is 0. The van der Waals surface area contributed by atoms with E-state index in [0.717, 1.165) is 23.6 Å². The van der Waals surface area contributed by atoms with Crippen LogP contribution in [0.25, 0.3) is 0 Å². The van der Waals surface area contributed by atoms with E-state index in [-0.39, 0.29) is 11.6 Å². The van der Waals surface area contributed by atoms with Gasteiger partial charge in [-0.1, -0.05) is 13.0 Å². The van der Waals surface area contributed by atoms with Crippen molar-refractivity contribution in [1.82, 2.24) is 5.32 Å². The van der Waals surface area contributed by atoms with E-state index in [1.807, 2.05) is 18.2 Å². The van der Waals surface area contributed by atoms with Gasteiger partial charge in [-0.2, -0.15) is 0 Å². The van der Waals surface area contributed by atoms with E-state index in [9.17, 15) is 0 Å². The van der Waals surface area contributed by atoms with Gasteiger partial charge in [0.25, 0.3) is 0 Å². The standard InChI is InChI=1S/C15H25NO3/c1-7-16-14(15(2,3)19-6)11-8-9-12(17-4)13(10-11)18-5/h8-10,14,16H,7H2,1-6H3. The molecule has 1 N–H and O–H groups in total. The lowest BCUT2D eigenvalue weighted by Crippen LogP contribution is -2.40. The third-order valence-corrected chi connectivity index (χ3v) is 3.37. The van der Waals surface area contributed by atoms with Crippen molar-refractivity contribution >= 4 is 0 Å². The summed E-state index contributed by atoms with van der Waals surface area (Å²) in [5.74, 6) is 1.46. The SMILES string of the molecule is CCNC(c1ccc(OC)c(OC)c1)C(C)(C)OC. The number of nitrogens with one attached hydrogen (secondary N) is 1. The van der Waals surface area contributed by atoms with Crippen LogP contribution in [0.3, 0.4) is 0 Å². The zero-order valence-electron chi connectivity index (χ0n) is 12.7. The molecule has 0 saturated heterocycles. The van der Waals surface area contributed by atoms with Gasteiger partial charge in [0, 0.05) is 7.11 Å². The Morgan fingerprint density at radius 3 is 2.21 bits per heavy atom. The maximum atomic E-state index is 5.60. The molecule has 19 heavy (non-hydrogen) atoms. The van der Waals surface area contributed by atoms with Gasteiger partial charge in [0.05, 0.1) is 25.9 Å². The molecule has 0 fully saturated rings. The zero-order chi connectivity index (χ0) is 14.5. The highest BCUT2D eigenvalue weighted by Crippen LogP contribution is 2.34. The molecule has 1 unspecified atom stereocenters. The Morgan fingerprint density at radius 1 is 1.11 bits per heavy atom. The summed E-state index contributed by atoms with van der Waals surface area (Å²) in [5.41, 5.74) is 0.807. The van der Waals surface area contributed by atoms with Crippen molar-refractivity contribution in [2.45, 2.75) is 32.4 Å². The molecule has 1 atom stereocenters. The van der Waals surface area contributed by atoms with Crippen LogP contribution >= 0.6 is 0 Å². The van der Waals surface area contributed by atoms with E-state index < -0.39 is 0 Å². The van der Waals surface area contributed by atoms with Crippen LogP contribution in [0.4, 0.5) is 0 Å². The number of benzene rings is 1. The molecule has 1 aromatic rings. The molecule has 4 nitrogen and oxygen atoms in total. The summed E-state index contributed by atoms with van der Waals surface area (Å²) in [6.45, 7) is 7.08. The summed E-state index contributed by atoms with van der Waals surface area (Å²) < 4.78 is 16.2. The van der Waals surface area contributed by atoms with Gasteiger partial charge in [-0.25, -0.2) is 0 Å². The largest absolute Gasteiger partial charge is 0.493 e. The minimum Gasteiger partial charge on any atom is -0.493 e. The fourth-order valence-corrected chi connectivity index (χ4v) is 2.12. The van der Waals surface area contributed by atoms with Crippen LogP contribution in [0, 0.1) is 0 Å². The molecule has 0 spiro atoms. The smallest absolute Gasteiger partial charge is 0.161 e. The average Bonchev–Trinajstić information content (AvgIpc) is 2.43. The molecule has 4 heteroatoms. The molecule has 0 aliphatic carbocycles. The maximum Gasteiger partial charge on any atom is 0.161 e. The van der Waals surface area contributed by atoms with E-state index in [1.165, 1.54) is 0 Å². The second-order valence-corrected chi connectivity index (χ2v) is 4.91. The highest BCUT2D eigenvalue weighted by atomic mass is 16.5. The molecule has 0 bridgehead atoms. The quantitative estimate of drug-likeness (QED) is 0.824. The molecular weight excluding hydrogens is 242 g/mol. The predicted octanol–water partition coefficient (Wildman–Crippen LogP) is 2.78. The monoisotopic (exact) mass is 267 g/mol. The lowest BCUT2D eigenvalue weighted by molar-refractivity contribution is -0.0107. The van der Waals surface area contributed by atoms with Crippen molar-refractivity contribution in [2.24, 2.45) is 0 Å². The zero-order valence-corrected chi connectivity index (χ0v) is 12.7. The Balaban J connectivity index is 3.16. The van der Waals surface area contributed by atoms with E-state index >= 15 is 0 Å². The lowest BCUT2D eigenvalue weighted by atomic mass is 9.91. The Morgan fingerprint density at radius 2 is 1.74 bits per heavy atom. The molecule has 1 rings (SSSR count). The fraction of sp³-hybridized carbons (Fsp3) is 0.600. The third kappa shape index (κ3) is 3.61. The summed E-state index contributed by atoms with van der Waals surface area (Å²) in [7, 11) is 5.01. The van der Waals surface area contributed by atoms with Crippen molar-refractivity contribution < 1.29 is 14.2 Å². The molecule has 108 valence electrons. The fourth-order valence-electron chi connectivity index (χ4n) is 2.12. The van der Waals surface area contributed by atoms with E-state index in [1.54, 1.807) is 21.3 Å². The molecule has 0 amide bonds. The first-order chi connectivity index (χ1) is 9.00. The second-order valence-electron chi connectivity index (χ2n) is 4.91. The molecule has 0 radical (unpaired) electrons. The van der Waals surface area contributed by atoms with Gasteiger partial charge >= 0.3 is 0 Å². The van der Waals surface area contributed by atoms with E-state index in [2.05, 4.69) is 26.1 Å². The van der Waals surface area contributed by atoms with Crippen LogP contribution in [0.2, 0.25) is 0 Å². The van der Waals surface area contributed by atoms with Gasteiger partial charge < -0.3 is 19.5 Å². The Labute approximate surface area is 116 Å². The van der Waals surface area contributed by atoms with Crippen molar-refractivity contribution in [1.29, 1.82) is 0 Å². The normalized spacial score (nSPS) is 13.2. The Hall–Kier alpha value is -1.26. The number of hydrogen-bond acceptors (Lipinski definition) is 4. The van der Waals surface area contributed by atoms with Crippen molar-refractivity contribution in [2.75, 3.05) is 27.9 Å². The number of hydrogen-bond donors (Lipinski definition) is 1. The summed E-state index contributed by atoms with van der Waals surface area (Å²) in [5, 5.41) is 3.46. The number of likely N-dealkylation sites (N-methyl/N-ethyl adjacent to an activating group) is 1. The maximum absolute atomic E-state index is 5.60. The molecule has 0 aliphatic rings. The molecular formula is C15H25NO3. The van der Waals surface area contributed by atoms with Crippen molar-refractivity contribution in [3.05, 3.63) is 23.8 Å². The van der Waals surface area contributed by atoms with Gasteiger partial charge in [0.2, 0.25) is 0 Å². The minimum atomic E-state index is -0.310. The highest BCUT2D eigenvalue weighted by molar-refractivity contribution is 5.44. The van der Waals surface area contributed by atoms with Crippen LogP contribution < -0.4 is 14.8 Å². The van der Waals surface area contributed by atoms with E-state index in [0.29, 0.717) is 0 Å². The molecule has 0 saturated carbocycles. The number of ether oxygens (including phenoxy) is 3. The number of rotatable bonds is 7. The van der Waals surface area contributed by atoms with Gasteiger partial charge in [0.1, 0.15) is 0 Å². The van der Waals surface area contributed by atoms with Crippen molar-refractivity contribution in [3.8, 4) is 11.5 Å². The Bertz CT molecular complexity index is 404. The van der Waals surface area contributed by atoms with Crippen LogP contribution in [-0.4, -0.2) is 33.5 Å². The van der Waals surface area contributed by atoms with Crippen LogP contribution in [-0.2, 0) is 4.74 Å². The molecule has 0 aromatic heterocycles. The highest BCUT2D eigenvalue weighted by Gasteiger charge is 2.30. The topological polar surface area (TPSA) is 39.7 Å². The van der Waals surface area contributed by atoms with Gasteiger partial charge in [-0.3, -0.25) is 0 Å². The Kier molecular flexibility index (Phi) is 5.63. The molecule has 0 aliphatic heterocycles. The molecule has 1 aromatic carbocycles. The van der Waals surface area contributed by atoms with Crippen LogP contribution in [0.1, 0.15) is 32.4 Å². The minimum absolute atomic E-state index is 0.0855. The number of methoxy groups -OCH3 is 3. The third-order valence-electron chi connectivity index (χ3n) is 3.37. The lowest BCUT2D eigenvalue weighted by Gasteiger charge is -2.34. The van der Waals surface area contributed by atoms with Crippen molar-refractivity contribution in [3.63, 3.8) is 0 Å². The first-order valence-electron chi connectivity index (χ1n) is 6.50. The first-order valence-corrected chi connectivity index (χ1v) is 6.50. The van der Waals surface area contributed by atoms with Gasteiger partial charge in [0.15, 0.2) is 11.5 Å². The van der Waals surface area contributed by atoms with E-state index in [4.69, 9.17) is 14.2 Å². The van der Waals surface area contributed by atoms with Crippen LogP contribution in [0.15, 0.2) is 18.2 Å². The first kappa shape index (κ1) is 15.8. The van der Waals surface area contributed by atoms with Gasteiger partial charge in [-0.15, -0.1) is 0 Å². The predicted molar refractivity (Wildman–Crippen MR) is 77.1 cm³/mol. The summed E-state index contributed by atoms with van der Waals surface area (Å²) in [4.78, 5) is 0. The molecule has 0 heterocycles. The summed E-state index contributed by atoms with van der Waals surface area (Å²) in [6.07, 6.45) is 0. The van der Waals surface area contributed by atoms with Crippen LogP contribution in [0.5, 0.6) is 11.5 Å². The summed E-state index contributed by atoms with van der Waals surface area (Å²) in [6, 6.07) is 6.04. The second kappa shape index (κ2) is 6.78.